The Labute approximate surface area is 109 Å². The first-order chi connectivity index (χ1) is 9.20. The average molecular weight is 262 g/mol. The Balaban J connectivity index is 2.13. The summed E-state index contributed by atoms with van der Waals surface area (Å²) in [7, 11) is 1.62. The van der Waals surface area contributed by atoms with E-state index in [0.29, 0.717) is 24.5 Å². The van der Waals surface area contributed by atoms with Gasteiger partial charge >= 0.3 is 5.97 Å². The van der Waals surface area contributed by atoms with Crippen LogP contribution in [0.3, 0.4) is 0 Å². The molecule has 0 saturated carbocycles. The lowest BCUT2D eigenvalue weighted by molar-refractivity contribution is 0.0697. The Hall–Kier alpha value is -2.41. The lowest BCUT2D eigenvalue weighted by Gasteiger charge is -2.06. The van der Waals surface area contributed by atoms with Gasteiger partial charge in [0.2, 0.25) is 0 Å². The molecule has 19 heavy (non-hydrogen) atoms. The van der Waals surface area contributed by atoms with Gasteiger partial charge in [-0.15, -0.1) is 0 Å². The summed E-state index contributed by atoms with van der Waals surface area (Å²) >= 11 is 0. The summed E-state index contributed by atoms with van der Waals surface area (Å²) in [6, 6.07) is 1.61. The van der Waals surface area contributed by atoms with Crippen LogP contribution in [0, 0.1) is 0 Å². The molecule has 7 nitrogen and oxygen atoms in total. The van der Waals surface area contributed by atoms with Crippen LogP contribution in [0.1, 0.15) is 10.4 Å². The first kappa shape index (κ1) is 13.0. The predicted molar refractivity (Wildman–Crippen MR) is 68.6 cm³/mol. The standard InChI is InChI=1S/C12H14N4O3/c1-19-5-4-16-8-9(6-14-16)15-11-2-3-13-7-10(11)12(17)18/h2-3,6-8H,4-5H2,1H3,(H,13,15)(H,17,18). The maximum absolute atomic E-state index is 11.0. The van der Waals surface area contributed by atoms with Crippen molar-refractivity contribution in [3.8, 4) is 0 Å². The molecule has 0 aromatic carbocycles. The molecule has 0 saturated heterocycles. The van der Waals surface area contributed by atoms with E-state index in [9.17, 15) is 4.79 Å². The van der Waals surface area contributed by atoms with Crippen molar-refractivity contribution < 1.29 is 14.6 Å². The fourth-order valence-corrected chi connectivity index (χ4v) is 1.56. The number of pyridine rings is 1. The van der Waals surface area contributed by atoms with E-state index in [2.05, 4.69) is 15.4 Å². The molecule has 0 bridgehead atoms. The van der Waals surface area contributed by atoms with E-state index in [1.807, 2.05) is 0 Å². The van der Waals surface area contributed by atoms with Crippen molar-refractivity contribution in [2.75, 3.05) is 19.0 Å². The van der Waals surface area contributed by atoms with Gasteiger partial charge in [0.1, 0.15) is 5.56 Å². The second kappa shape index (κ2) is 5.96. The Bertz CT molecular complexity index is 568. The van der Waals surface area contributed by atoms with Crippen LogP contribution in [-0.2, 0) is 11.3 Å². The second-order valence-corrected chi connectivity index (χ2v) is 3.84. The molecule has 2 N–H and O–H groups in total. The lowest BCUT2D eigenvalue weighted by Crippen LogP contribution is -2.04. The van der Waals surface area contributed by atoms with Crippen LogP contribution < -0.4 is 5.32 Å². The molecule has 0 radical (unpaired) electrons. The summed E-state index contributed by atoms with van der Waals surface area (Å²) in [6.45, 7) is 1.21. The van der Waals surface area contributed by atoms with Crippen molar-refractivity contribution in [1.29, 1.82) is 0 Å². The Morgan fingerprint density at radius 3 is 3.11 bits per heavy atom. The third-order valence-electron chi connectivity index (χ3n) is 2.49. The number of nitrogens with one attached hydrogen (secondary N) is 1. The zero-order valence-electron chi connectivity index (χ0n) is 10.4. The van der Waals surface area contributed by atoms with Gasteiger partial charge in [0.25, 0.3) is 0 Å². The Morgan fingerprint density at radius 2 is 2.37 bits per heavy atom. The molecule has 7 heteroatoms. The van der Waals surface area contributed by atoms with Gasteiger partial charge in [0.05, 0.1) is 30.7 Å². The summed E-state index contributed by atoms with van der Waals surface area (Å²) in [6.07, 6.45) is 6.25. The van der Waals surface area contributed by atoms with E-state index < -0.39 is 5.97 Å². The molecule has 0 fully saturated rings. The summed E-state index contributed by atoms with van der Waals surface area (Å²) in [5.74, 6) is -1.03. The molecule has 2 aromatic rings. The molecular weight excluding hydrogens is 248 g/mol. The highest BCUT2D eigenvalue weighted by atomic mass is 16.5. The molecule has 0 aliphatic carbocycles. The number of methoxy groups -OCH3 is 1. The molecule has 2 heterocycles. The number of aromatic nitrogens is 3. The van der Waals surface area contributed by atoms with Crippen molar-refractivity contribution in [2.45, 2.75) is 6.54 Å². The minimum Gasteiger partial charge on any atom is -0.478 e. The number of ether oxygens (including phenoxy) is 1. The first-order valence-corrected chi connectivity index (χ1v) is 5.66. The predicted octanol–water partition coefficient (Wildman–Crippen LogP) is 1.37. The summed E-state index contributed by atoms with van der Waals surface area (Å²) in [5, 5.41) is 16.2. The second-order valence-electron chi connectivity index (χ2n) is 3.84. The minimum atomic E-state index is -1.03. The largest absolute Gasteiger partial charge is 0.478 e. The molecule has 0 unspecified atom stereocenters. The maximum Gasteiger partial charge on any atom is 0.339 e. The lowest BCUT2D eigenvalue weighted by atomic mass is 10.2. The van der Waals surface area contributed by atoms with Crippen molar-refractivity contribution in [1.82, 2.24) is 14.8 Å². The number of carbonyl (C=O) groups is 1. The van der Waals surface area contributed by atoms with E-state index >= 15 is 0 Å². The Kier molecular flexibility index (Phi) is 4.09. The summed E-state index contributed by atoms with van der Waals surface area (Å²) in [4.78, 5) is 14.8. The number of hydrogen-bond acceptors (Lipinski definition) is 5. The molecule has 0 aliphatic heterocycles. The number of hydrogen-bond donors (Lipinski definition) is 2. The van der Waals surface area contributed by atoms with Crippen LogP contribution in [0.25, 0.3) is 0 Å². The van der Waals surface area contributed by atoms with Gasteiger partial charge < -0.3 is 15.2 Å². The van der Waals surface area contributed by atoms with Crippen molar-refractivity contribution in [3.05, 3.63) is 36.4 Å². The van der Waals surface area contributed by atoms with E-state index in [1.54, 1.807) is 30.3 Å². The van der Waals surface area contributed by atoms with Crippen LogP contribution in [0.2, 0.25) is 0 Å². The Morgan fingerprint density at radius 1 is 1.53 bits per heavy atom. The number of carboxylic acid groups (broad SMARTS) is 1. The summed E-state index contributed by atoms with van der Waals surface area (Å²) in [5.41, 5.74) is 1.31. The molecule has 0 spiro atoms. The van der Waals surface area contributed by atoms with Crippen LogP contribution >= 0.6 is 0 Å². The molecule has 2 rings (SSSR count). The highest BCUT2D eigenvalue weighted by Gasteiger charge is 2.10. The number of carboxylic acids is 1. The van der Waals surface area contributed by atoms with Gasteiger partial charge in [-0.1, -0.05) is 0 Å². The molecule has 100 valence electrons. The SMILES string of the molecule is COCCn1cc(Nc2ccncc2C(=O)O)cn1. The van der Waals surface area contributed by atoms with E-state index in [0.717, 1.165) is 0 Å². The smallest absolute Gasteiger partial charge is 0.339 e. The van der Waals surface area contributed by atoms with Crippen LogP contribution in [0.4, 0.5) is 11.4 Å². The minimum absolute atomic E-state index is 0.118. The van der Waals surface area contributed by atoms with E-state index in [1.165, 1.54) is 12.4 Å². The maximum atomic E-state index is 11.0. The molecule has 0 aliphatic rings. The number of anilines is 2. The summed E-state index contributed by atoms with van der Waals surface area (Å²) < 4.78 is 6.67. The topological polar surface area (TPSA) is 89.3 Å². The highest BCUT2D eigenvalue weighted by Crippen LogP contribution is 2.19. The van der Waals surface area contributed by atoms with Gasteiger partial charge in [-0.05, 0) is 6.07 Å². The first-order valence-electron chi connectivity index (χ1n) is 5.66. The third kappa shape index (κ3) is 3.29. The van der Waals surface area contributed by atoms with Gasteiger partial charge in [-0.2, -0.15) is 5.10 Å². The van der Waals surface area contributed by atoms with Gasteiger partial charge in [-0.25, -0.2) is 4.79 Å². The zero-order chi connectivity index (χ0) is 13.7. The highest BCUT2D eigenvalue weighted by molar-refractivity contribution is 5.94. The van der Waals surface area contributed by atoms with E-state index in [4.69, 9.17) is 9.84 Å². The molecular formula is C12H14N4O3. The van der Waals surface area contributed by atoms with E-state index in [-0.39, 0.29) is 5.56 Å². The van der Waals surface area contributed by atoms with Crippen LogP contribution in [0.5, 0.6) is 0 Å². The molecule has 0 amide bonds. The fraction of sp³-hybridized carbons (Fsp3) is 0.250. The molecule has 0 atom stereocenters. The molecule has 2 aromatic heterocycles. The van der Waals surface area contributed by atoms with Crippen molar-refractivity contribution in [2.24, 2.45) is 0 Å². The average Bonchev–Trinajstić information content (AvgIpc) is 2.84. The zero-order valence-corrected chi connectivity index (χ0v) is 10.4. The normalized spacial score (nSPS) is 10.4. The third-order valence-corrected chi connectivity index (χ3v) is 2.49. The van der Waals surface area contributed by atoms with Gasteiger partial charge in [0.15, 0.2) is 0 Å². The monoisotopic (exact) mass is 262 g/mol. The van der Waals surface area contributed by atoms with Crippen LogP contribution in [-0.4, -0.2) is 39.6 Å². The van der Waals surface area contributed by atoms with Gasteiger partial charge in [0, 0.05) is 25.7 Å². The van der Waals surface area contributed by atoms with Crippen LogP contribution in [0.15, 0.2) is 30.9 Å². The number of aromatic carboxylic acids is 1. The van der Waals surface area contributed by atoms with Crippen molar-refractivity contribution >= 4 is 17.3 Å². The fourth-order valence-electron chi connectivity index (χ4n) is 1.56. The van der Waals surface area contributed by atoms with Crippen molar-refractivity contribution in [3.63, 3.8) is 0 Å². The number of nitrogens with zero attached hydrogens (tertiary/aromatic N) is 3. The quantitative estimate of drug-likeness (QED) is 0.817. The number of rotatable bonds is 6. The van der Waals surface area contributed by atoms with Gasteiger partial charge in [-0.3, -0.25) is 9.67 Å².